The third-order valence-corrected chi connectivity index (χ3v) is 3.95. The van der Waals surface area contributed by atoms with Gasteiger partial charge in [0.05, 0.1) is 6.10 Å². The van der Waals surface area contributed by atoms with Crippen LogP contribution in [-0.4, -0.2) is 31.2 Å². The molecule has 0 unspecified atom stereocenters. The maximum Gasteiger partial charge on any atom is 0.250 e. The predicted molar refractivity (Wildman–Crippen MR) is 85.5 cm³/mol. The van der Waals surface area contributed by atoms with E-state index in [1.807, 2.05) is 31.2 Å². The monoisotopic (exact) mass is 290 g/mol. The Morgan fingerprint density at radius 3 is 2.48 bits per heavy atom. The van der Waals surface area contributed by atoms with Gasteiger partial charge in [-0.05, 0) is 51.3 Å². The van der Waals surface area contributed by atoms with Gasteiger partial charge >= 0.3 is 0 Å². The number of aryl methyl sites for hydroxylation is 1. The van der Waals surface area contributed by atoms with E-state index in [0.717, 1.165) is 37.9 Å². The van der Waals surface area contributed by atoms with E-state index in [-0.39, 0.29) is 18.6 Å². The highest BCUT2D eigenvalue weighted by Crippen LogP contribution is 2.21. The Bertz CT molecular complexity index is 437. The number of rotatable bonds is 6. The maximum absolute atomic E-state index is 11.9. The lowest BCUT2D eigenvalue weighted by molar-refractivity contribution is -0.123. The van der Waals surface area contributed by atoms with Crippen molar-refractivity contribution in [3.63, 3.8) is 0 Å². The number of carbonyl (C=O) groups excluding carboxylic acids is 1. The fraction of sp³-hybridized carbons (Fsp3) is 0.588. The molecule has 1 aromatic rings. The van der Waals surface area contributed by atoms with Gasteiger partial charge in [0, 0.05) is 11.7 Å². The van der Waals surface area contributed by atoms with Gasteiger partial charge in [0.15, 0.2) is 0 Å². The Kier molecular flexibility index (Phi) is 6.21. The molecule has 1 aliphatic rings. The number of carbonyl (C=O) groups is 1. The van der Waals surface area contributed by atoms with Gasteiger partial charge in [0.1, 0.15) is 6.61 Å². The van der Waals surface area contributed by atoms with Crippen LogP contribution in [0, 0.1) is 6.92 Å². The molecule has 116 valence electrons. The molecule has 2 rings (SSSR count). The SMILES string of the molecule is CCNC1CCC(OCC(=O)Nc2ccc(C)cc2)CC1. The lowest BCUT2D eigenvalue weighted by Crippen LogP contribution is -2.36. The molecule has 0 saturated heterocycles. The second-order valence-electron chi connectivity index (χ2n) is 5.76. The summed E-state index contributed by atoms with van der Waals surface area (Å²) in [5.74, 6) is -0.0762. The van der Waals surface area contributed by atoms with E-state index in [0.29, 0.717) is 6.04 Å². The molecule has 0 aromatic heterocycles. The van der Waals surface area contributed by atoms with Crippen LogP contribution in [0.4, 0.5) is 5.69 Å². The summed E-state index contributed by atoms with van der Waals surface area (Å²) in [7, 11) is 0. The minimum absolute atomic E-state index is 0.0762. The molecule has 0 heterocycles. The first kappa shape index (κ1) is 16.0. The molecule has 1 aromatic carbocycles. The molecule has 0 radical (unpaired) electrons. The molecule has 0 atom stereocenters. The summed E-state index contributed by atoms with van der Waals surface area (Å²) in [5.41, 5.74) is 2.01. The van der Waals surface area contributed by atoms with Crippen LogP contribution in [-0.2, 0) is 9.53 Å². The van der Waals surface area contributed by atoms with Crippen molar-refractivity contribution in [3.05, 3.63) is 29.8 Å². The average Bonchev–Trinajstić information content (AvgIpc) is 2.49. The minimum atomic E-state index is -0.0762. The zero-order chi connectivity index (χ0) is 15.1. The second kappa shape index (κ2) is 8.15. The Morgan fingerprint density at radius 1 is 1.19 bits per heavy atom. The van der Waals surface area contributed by atoms with E-state index in [1.165, 1.54) is 5.56 Å². The van der Waals surface area contributed by atoms with Gasteiger partial charge in [-0.15, -0.1) is 0 Å². The Labute approximate surface area is 127 Å². The standard InChI is InChI=1S/C17H26N2O2/c1-3-18-14-8-10-16(11-9-14)21-12-17(20)19-15-6-4-13(2)5-7-15/h4-7,14,16,18H,3,8-12H2,1-2H3,(H,19,20). The molecule has 21 heavy (non-hydrogen) atoms. The van der Waals surface area contributed by atoms with Crippen molar-refractivity contribution in [1.82, 2.24) is 5.32 Å². The van der Waals surface area contributed by atoms with Crippen LogP contribution < -0.4 is 10.6 Å². The number of amides is 1. The highest BCUT2D eigenvalue weighted by atomic mass is 16.5. The van der Waals surface area contributed by atoms with E-state index in [9.17, 15) is 4.79 Å². The lowest BCUT2D eigenvalue weighted by atomic mass is 9.93. The van der Waals surface area contributed by atoms with Crippen LogP contribution in [0.25, 0.3) is 0 Å². The highest BCUT2D eigenvalue weighted by Gasteiger charge is 2.21. The normalized spacial score (nSPS) is 22.0. The van der Waals surface area contributed by atoms with Gasteiger partial charge in [-0.3, -0.25) is 4.79 Å². The van der Waals surface area contributed by atoms with Crippen LogP contribution in [0.2, 0.25) is 0 Å². The lowest BCUT2D eigenvalue weighted by Gasteiger charge is -2.28. The third kappa shape index (κ3) is 5.48. The Balaban J connectivity index is 1.66. The van der Waals surface area contributed by atoms with Gasteiger partial charge in [-0.25, -0.2) is 0 Å². The molecule has 1 saturated carbocycles. The van der Waals surface area contributed by atoms with Crippen molar-refractivity contribution in [3.8, 4) is 0 Å². The summed E-state index contributed by atoms with van der Waals surface area (Å²) in [6, 6.07) is 8.41. The van der Waals surface area contributed by atoms with Crippen LogP contribution in [0.5, 0.6) is 0 Å². The first-order valence-electron chi connectivity index (χ1n) is 7.89. The molecule has 0 bridgehead atoms. The molecule has 1 fully saturated rings. The average molecular weight is 290 g/mol. The summed E-state index contributed by atoms with van der Waals surface area (Å²) in [4.78, 5) is 11.9. The van der Waals surface area contributed by atoms with Gasteiger partial charge in [0.2, 0.25) is 5.91 Å². The number of benzene rings is 1. The number of ether oxygens (including phenoxy) is 1. The van der Waals surface area contributed by atoms with E-state index in [4.69, 9.17) is 4.74 Å². The molecule has 1 amide bonds. The van der Waals surface area contributed by atoms with Crippen LogP contribution in [0.3, 0.4) is 0 Å². The first-order chi connectivity index (χ1) is 10.2. The fourth-order valence-corrected chi connectivity index (χ4v) is 2.75. The van der Waals surface area contributed by atoms with Gasteiger partial charge in [-0.1, -0.05) is 24.6 Å². The van der Waals surface area contributed by atoms with Crippen molar-refractivity contribution >= 4 is 11.6 Å². The van der Waals surface area contributed by atoms with Crippen LogP contribution in [0.15, 0.2) is 24.3 Å². The number of anilines is 1. The Hall–Kier alpha value is -1.39. The van der Waals surface area contributed by atoms with Crippen molar-refractivity contribution in [2.75, 3.05) is 18.5 Å². The summed E-state index contributed by atoms with van der Waals surface area (Å²) >= 11 is 0. The summed E-state index contributed by atoms with van der Waals surface area (Å²) in [6.45, 7) is 5.33. The Morgan fingerprint density at radius 2 is 1.86 bits per heavy atom. The van der Waals surface area contributed by atoms with Crippen molar-refractivity contribution < 1.29 is 9.53 Å². The zero-order valence-electron chi connectivity index (χ0n) is 13.0. The molecule has 0 aliphatic heterocycles. The summed E-state index contributed by atoms with van der Waals surface area (Å²) in [6.07, 6.45) is 4.57. The minimum Gasteiger partial charge on any atom is -0.368 e. The van der Waals surface area contributed by atoms with Crippen molar-refractivity contribution in [2.45, 2.75) is 51.7 Å². The topological polar surface area (TPSA) is 50.4 Å². The quantitative estimate of drug-likeness (QED) is 0.847. The second-order valence-corrected chi connectivity index (χ2v) is 5.76. The third-order valence-electron chi connectivity index (χ3n) is 3.95. The largest absolute Gasteiger partial charge is 0.368 e. The van der Waals surface area contributed by atoms with Gasteiger partial charge in [0.25, 0.3) is 0 Å². The molecule has 4 nitrogen and oxygen atoms in total. The molecule has 0 spiro atoms. The van der Waals surface area contributed by atoms with Crippen LogP contribution in [0.1, 0.15) is 38.2 Å². The first-order valence-corrected chi connectivity index (χ1v) is 7.89. The summed E-state index contributed by atoms with van der Waals surface area (Å²) < 4.78 is 5.73. The molecular weight excluding hydrogens is 264 g/mol. The van der Waals surface area contributed by atoms with E-state index in [2.05, 4.69) is 17.6 Å². The number of hydrogen-bond donors (Lipinski definition) is 2. The van der Waals surface area contributed by atoms with Gasteiger partial charge < -0.3 is 15.4 Å². The zero-order valence-corrected chi connectivity index (χ0v) is 13.0. The maximum atomic E-state index is 11.9. The molecule has 2 N–H and O–H groups in total. The van der Waals surface area contributed by atoms with Gasteiger partial charge in [-0.2, -0.15) is 0 Å². The summed E-state index contributed by atoms with van der Waals surface area (Å²) in [5, 5.41) is 6.33. The van der Waals surface area contributed by atoms with E-state index < -0.39 is 0 Å². The van der Waals surface area contributed by atoms with Crippen LogP contribution >= 0.6 is 0 Å². The molecule has 1 aliphatic carbocycles. The smallest absolute Gasteiger partial charge is 0.250 e. The van der Waals surface area contributed by atoms with Crippen molar-refractivity contribution in [2.24, 2.45) is 0 Å². The van der Waals surface area contributed by atoms with Crippen molar-refractivity contribution in [1.29, 1.82) is 0 Å². The molecular formula is C17H26N2O2. The molecule has 4 heteroatoms. The van der Waals surface area contributed by atoms with E-state index >= 15 is 0 Å². The number of hydrogen-bond acceptors (Lipinski definition) is 3. The number of nitrogens with one attached hydrogen (secondary N) is 2. The highest BCUT2D eigenvalue weighted by molar-refractivity contribution is 5.91. The predicted octanol–water partition coefficient (Wildman–Crippen LogP) is 2.87. The fourth-order valence-electron chi connectivity index (χ4n) is 2.75. The van der Waals surface area contributed by atoms with E-state index in [1.54, 1.807) is 0 Å².